The first kappa shape index (κ1) is 6.27. The standard InChI is InChI=1S/C7H9N3O/c11-7-9-4-6(10-7)5-2-1-3-8-5/h1-3,6,8H,4H2,(H2,9,10,11)/t6-/m1/s1. The lowest BCUT2D eigenvalue weighted by atomic mass is 10.2. The van der Waals surface area contributed by atoms with Crippen LogP contribution in [0.15, 0.2) is 18.3 Å². The smallest absolute Gasteiger partial charge is 0.315 e. The van der Waals surface area contributed by atoms with Gasteiger partial charge in [-0.25, -0.2) is 4.79 Å². The van der Waals surface area contributed by atoms with Gasteiger partial charge in [-0.15, -0.1) is 0 Å². The minimum absolute atomic E-state index is 0.0930. The minimum atomic E-state index is -0.0930. The van der Waals surface area contributed by atoms with E-state index in [1.54, 1.807) is 0 Å². The summed E-state index contributed by atoms with van der Waals surface area (Å²) in [6, 6.07) is 3.89. The Morgan fingerprint density at radius 1 is 1.55 bits per heavy atom. The van der Waals surface area contributed by atoms with Crippen molar-refractivity contribution in [2.75, 3.05) is 6.54 Å². The van der Waals surface area contributed by atoms with Crippen molar-refractivity contribution in [1.29, 1.82) is 0 Å². The molecule has 4 nitrogen and oxygen atoms in total. The molecule has 0 aliphatic carbocycles. The van der Waals surface area contributed by atoms with Crippen LogP contribution in [0.4, 0.5) is 4.79 Å². The SMILES string of the molecule is O=C1NC[C@H](c2ccc[nH]2)N1. The van der Waals surface area contributed by atoms with Gasteiger partial charge in [0.2, 0.25) is 0 Å². The third-order valence-corrected chi connectivity index (χ3v) is 1.77. The van der Waals surface area contributed by atoms with E-state index in [-0.39, 0.29) is 12.1 Å². The highest BCUT2D eigenvalue weighted by atomic mass is 16.2. The highest BCUT2D eigenvalue weighted by molar-refractivity contribution is 5.76. The van der Waals surface area contributed by atoms with E-state index in [9.17, 15) is 4.79 Å². The van der Waals surface area contributed by atoms with E-state index in [4.69, 9.17) is 0 Å². The van der Waals surface area contributed by atoms with Gasteiger partial charge in [-0.3, -0.25) is 0 Å². The zero-order valence-electron chi connectivity index (χ0n) is 5.92. The molecule has 0 spiro atoms. The summed E-state index contributed by atoms with van der Waals surface area (Å²) in [5.74, 6) is 0. The number of carbonyl (C=O) groups is 1. The molecule has 1 atom stereocenters. The van der Waals surface area contributed by atoms with Crippen LogP contribution in [-0.2, 0) is 0 Å². The van der Waals surface area contributed by atoms with Gasteiger partial charge in [-0.2, -0.15) is 0 Å². The molecule has 1 fully saturated rings. The van der Waals surface area contributed by atoms with Crippen molar-refractivity contribution in [3.8, 4) is 0 Å². The number of hydrogen-bond donors (Lipinski definition) is 3. The van der Waals surface area contributed by atoms with Crippen LogP contribution >= 0.6 is 0 Å². The second-order valence-electron chi connectivity index (χ2n) is 2.53. The van der Waals surface area contributed by atoms with Crippen molar-refractivity contribution in [3.63, 3.8) is 0 Å². The van der Waals surface area contributed by atoms with Crippen molar-refractivity contribution in [3.05, 3.63) is 24.0 Å². The topological polar surface area (TPSA) is 56.9 Å². The van der Waals surface area contributed by atoms with Crippen LogP contribution in [-0.4, -0.2) is 17.6 Å². The zero-order valence-corrected chi connectivity index (χ0v) is 5.92. The molecule has 1 aromatic heterocycles. The van der Waals surface area contributed by atoms with Crippen LogP contribution in [0.1, 0.15) is 11.7 Å². The molecule has 1 aromatic rings. The normalized spacial score (nSPS) is 22.9. The van der Waals surface area contributed by atoms with Crippen molar-refractivity contribution >= 4 is 6.03 Å². The fourth-order valence-electron chi connectivity index (χ4n) is 1.20. The van der Waals surface area contributed by atoms with Crippen LogP contribution in [0.2, 0.25) is 0 Å². The number of amides is 2. The first-order chi connectivity index (χ1) is 5.36. The van der Waals surface area contributed by atoms with Gasteiger partial charge in [-0.05, 0) is 12.1 Å². The summed E-state index contributed by atoms with van der Waals surface area (Å²) in [4.78, 5) is 13.8. The van der Waals surface area contributed by atoms with E-state index in [2.05, 4.69) is 15.6 Å². The molecule has 0 saturated carbocycles. The summed E-state index contributed by atoms with van der Waals surface area (Å²) in [6.45, 7) is 0.666. The predicted molar refractivity (Wildman–Crippen MR) is 40.1 cm³/mol. The van der Waals surface area contributed by atoms with Crippen molar-refractivity contribution < 1.29 is 4.79 Å². The second-order valence-corrected chi connectivity index (χ2v) is 2.53. The highest BCUT2D eigenvalue weighted by Crippen LogP contribution is 2.11. The fourth-order valence-corrected chi connectivity index (χ4v) is 1.20. The molecular weight excluding hydrogens is 142 g/mol. The number of nitrogens with one attached hydrogen (secondary N) is 3. The van der Waals surface area contributed by atoms with E-state index in [1.165, 1.54) is 0 Å². The molecule has 58 valence electrons. The summed E-state index contributed by atoms with van der Waals surface area (Å²) < 4.78 is 0. The van der Waals surface area contributed by atoms with Gasteiger partial charge in [-0.1, -0.05) is 0 Å². The number of urea groups is 1. The maximum atomic E-state index is 10.7. The van der Waals surface area contributed by atoms with Crippen molar-refractivity contribution in [2.24, 2.45) is 0 Å². The Bertz CT molecular complexity index is 255. The lowest BCUT2D eigenvalue weighted by molar-refractivity contribution is 0.247. The molecule has 1 aliphatic heterocycles. The molecule has 0 radical (unpaired) electrons. The summed E-state index contributed by atoms with van der Waals surface area (Å²) in [7, 11) is 0. The number of rotatable bonds is 1. The first-order valence-electron chi connectivity index (χ1n) is 3.54. The molecule has 0 aromatic carbocycles. The van der Waals surface area contributed by atoms with Crippen LogP contribution < -0.4 is 10.6 Å². The maximum absolute atomic E-state index is 10.7. The van der Waals surface area contributed by atoms with Gasteiger partial charge < -0.3 is 15.6 Å². The number of hydrogen-bond acceptors (Lipinski definition) is 1. The van der Waals surface area contributed by atoms with E-state index < -0.39 is 0 Å². The maximum Gasteiger partial charge on any atom is 0.315 e. The Morgan fingerprint density at radius 2 is 2.45 bits per heavy atom. The molecule has 0 bridgehead atoms. The van der Waals surface area contributed by atoms with Crippen LogP contribution in [0.25, 0.3) is 0 Å². The Hall–Kier alpha value is -1.45. The number of aromatic amines is 1. The van der Waals surface area contributed by atoms with Crippen LogP contribution in [0.3, 0.4) is 0 Å². The molecule has 2 heterocycles. The van der Waals surface area contributed by atoms with Crippen molar-refractivity contribution in [1.82, 2.24) is 15.6 Å². The van der Waals surface area contributed by atoms with Gasteiger partial charge in [0.1, 0.15) is 0 Å². The fraction of sp³-hybridized carbons (Fsp3) is 0.286. The van der Waals surface area contributed by atoms with Gasteiger partial charge in [0, 0.05) is 18.4 Å². The molecular formula is C7H9N3O. The van der Waals surface area contributed by atoms with Gasteiger partial charge >= 0.3 is 6.03 Å². The van der Waals surface area contributed by atoms with Gasteiger partial charge in [0.15, 0.2) is 0 Å². The third kappa shape index (κ3) is 1.07. The molecule has 1 aliphatic rings. The Balaban J connectivity index is 2.13. The van der Waals surface area contributed by atoms with Gasteiger partial charge in [0.25, 0.3) is 0 Å². The molecule has 4 heteroatoms. The molecule has 2 rings (SSSR count). The summed E-state index contributed by atoms with van der Waals surface area (Å²) >= 11 is 0. The van der Waals surface area contributed by atoms with Crippen LogP contribution in [0.5, 0.6) is 0 Å². The largest absolute Gasteiger partial charge is 0.363 e. The van der Waals surface area contributed by atoms with E-state index in [0.29, 0.717) is 6.54 Å². The second kappa shape index (κ2) is 2.30. The minimum Gasteiger partial charge on any atom is -0.363 e. The molecule has 2 amide bonds. The summed E-state index contributed by atoms with van der Waals surface area (Å²) in [5, 5.41) is 5.46. The number of H-pyrrole nitrogens is 1. The highest BCUT2D eigenvalue weighted by Gasteiger charge is 2.21. The average Bonchev–Trinajstić information content (AvgIpc) is 2.55. The monoisotopic (exact) mass is 151 g/mol. The van der Waals surface area contributed by atoms with E-state index >= 15 is 0 Å². The summed E-state index contributed by atoms with van der Waals surface area (Å²) in [5.41, 5.74) is 1.04. The third-order valence-electron chi connectivity index (χ3n) is 1.77. The number of carbonyl (C=O) groups excluding carboxylic acids is 1. The van der Waals surface area contributed by atoms with Crippen molar-refractivity contribution in [2.45, 2.75) is 6.04 Å². The first-order valence-corrected chi connectivity index (χ1v) is 3.54. The lowest BCUT2D eigenvalue weighted by Crippen LogP contribution is -2.21. The Morgan fingerprint density at radius 3 is 3.00 bits per heavy atom. The zero-order chi connectivity index (χ0) is 7.68. The summed E-state index contributed by atoms with van der Waals surface area (Å²) in [6.07, 6.45) is 1.85. The van der Waals surface area contributed by atoms with E-state index in [1.807, 2.05) is 18.3 Å². The lowest BCUT2D eigenvalue weighted by Gasteiger charge is -2.03. The number of aromatic nitrogens is 1. The Kier molecular flexibility index (Phi) is 1.31. The molecule has 1 saturated heterocycles. The van der Waals surface area contributed by atoms with Crippen LogP contribution in [0, 0.1) is 0 Å². The molecule has 0 unspecified atom stereocenters. The van der Waals surface area contributed by atoms with E-state index in [0.717, 1.165) is 5.69 Å². The predicted octanol–water partition coefficient (Wildman–Crippen LogP) is 0.369. The molecule has 3 N–H and O–H groups in total. The van der Waals surface area contributed by atoms with Gasteiger partial charge in [0.05, 0.1) is 6.04 Å². The molecule has 11 heavy (non-hydrogen) atoms. The Labute approximate surface area is 64.0 Å². The average molecular weight is 151 g/mol. The quantitative estimate of drug-likeness (QED) is 0.533.